The Kier molecular flexibility index (Phi) is 4.44. The highest BCUT2D eigenvalue weighted by molar-refractivity contribution is 6.30. The van der Waals surface area contributed by atoms with Crippen molar-refractivity contribution < 1.29 is 23.0 Å². The third-order valence-corrected chi connectivity index (χ3v) is 3.17. The molecule has 2 aromatic rings. The van der Waals surface area contributed by atoms with Crippen LogP contribution in [-0.2, 0) is 0 Å². The number of aliphatic hydroxyl groups is 1. The van der Waals surface area contributed by atoms with Gasteiger partial charge in [-0.2, -0.15) is 0 Å². The van der Waals surface area contributed by atoms with Crippen molar-refractivity contribution in [1.82, 2.24) is 0 Å². The topological polar surface area (TPSA) is 29.5 Å². The summed E-state index contributed by atoms with van der Waals surface area (Å²) in [5.41, 5.74) is 1.63. The van der Waals surface area contributed by atoms with E-state index in [4.69, 9.17) is 11.6 Å². The van der Waals surface area contributed by atoms with Gasteiger partial charge in [0.2, 0.25) is 0 Å². The number of halogens is 4. The van der Waals surface area contributed by atoms with Crippen LogP contribution in [0.5, 0.6) is 5.75 Å². The Bertz CT molecular complexity index is 641. The van der Waals surface area contributed by atoms with Gasteiger partial charge in [0, 0.05) is 5.02 Å². The lowest BCUT2D eigenvalue weighted by Crippen LogP contribution is -2.17. The molecule has 0 saturated carbocycles. The van der Waals surface area contributed by atoms with Crippen LogP contribution < -0.4 is 4.74 Å². The molecule has 0 aliphatic carbocycles. The van der Waals surface area contributed by atoms with Crippen molar-refractivity contribution in [3.05, 3.63) is 64.2 Å². The predicted molar refractivity (Wildman–Crippen MR) is 73.4 cm³/mol. The molecule has 1 N–H and O–H groups in total. The van der Waals surface area contributed by atoms with E-state index >= 15 is 0 Å². The fourth-order valence-corrected chi connectivity index (χ4v) is 2.23. The highest BCUT2D eigenvalue weighted by atomic mass is 35.5. The molecule has 6 heteroatoms. The monoisotopic (exact) mass is 316 g/mol. The Hall–Kier alpha value is -1.72. The summed E-state index contributed by atoms with van der Waals surface area (Å²) in [6.07, 6.45) is -5.82. The van der Waals surface area contributed by atoms with Gasteiger partial charge in [-0.25, -0.2) is 0 Å². The number of aliphatic hydroxyl groups excluding tert-OH is 1. The van der Waals surface area contributed by atoms with Crippen LogP contribution >= 0.6 is 11.6 Å². The second-order valence-corrected chi connectivity index (χ2v) is 4.96. The van der Waals surface area contributed by atoms with Crippen LogP contribution in [-0.4, -0.2) is 11.5 Å². The highest BCUT2D eigenvalue weighted by Gasteiger charge is 2.31. The maximum atomic E-state index is 12.2. The smallest absolute Gasteiger partial charge is 0.406 e. The summed E-state index contributed by atoms with van der Waals surface area (Å²) in [4.78, 5) is 0. The molecule has 0 fully saturated rings. The zero-order valence-corrected chi connectivity index (χ0v) is 11.7. The summed E-state index contributed by atoms with van der Waals surface area (Å²) >= 11 is 5.84. The van der Waals surface area contributed by atoms with Crippen LogP contribution in [0.15, 0.2) is 42.5 Å². The van der Waals surface area contributed by atoms with E-state index in [1.165, 1.54) is 18.2 Å². The largest absolute Gasteiger partial charge is 0.573 e. The molecule has 2 nitrogen and oxygen atoms in total. The lowest BCUT2D eigenvalue weighted by Gasteiger charge is -2.16. The van der Waals surface area contributed by atoms with Gasteiger partial charge in [-0.05, 0) is 47.9 Å². The van der Waals surface area contributed by atoms with E-state index in [-0.39, 0.29) is 5.75 Å². The maximum Gasteiger partial charge on any atom is 0.573 e. The molecule has 2 aromatic carbocycles. The van der Waals surface area contributed by atoms with Crippen molar-refractivity contribution in [2.45, 2.75) is 19.4 Å². The molecule has 21 heavy (non-hydrogen) atoms. The summed E-state index contributed by atoms with van der Waals surface area (Å²) in [6, 6.07) is 10.2. The minimum absolute atomic E-state index is 0.308. The van der Waals surface area contributed by atoms with E-state index in [9.17, 15) is 18.3 Å². The molecule has 0 saturated heterocycles. The lowest BCUT2D eigenvalue weighted by molar-refractivity contribution is -0.274. The van der Waals surface area contributed by atoms with Crippen molar-refractivity contribution in [2.75, 3.05) is 0 Å². The summed E-state index contributed by atoms with van der Waals surface area (Å²) in [6.45, 7) is 1.76. The summed E-state index contributed by atoms with van der Waals surface area (Å²) in [5, 5.41) is 10.8. The van der Waals surface area contributed by atoms with Gasteiger partial charge in [-0.15, -0.1) is 13.2 Å². The number of ether oxygens (including phenoxy) is 1. The van der Waals surface area contributed by atoms with Gasteiger partial charge < -0.3 is 9.84 Å². The van der Waals surface area contributed by atoms with Crippen molar-refractivity contribution in [3.63, 3.8) is 0 Å². The average molecular weight is 317 g/mol. The van der Waals surface area contributed by atoms with E-state index < -0.39 is 12.5 Å². The Morgan fingerprint density at radius 1 is 1.14 bits per heavy atom. The predicted octanol–water partition coefficient (Wildman–Crippen LogP) is 4.63. The molecule has 0 heterocycles. The van der Waals surface area contributed by atoms with E-state index in [2.05, 4.69) is 4.74 Å². The lowest BCUT2D eigenvalue weighted by atomic mass is 9.97. The van der Waals surface area contributed by atoms with Crippen molar-refractivity contribution in [2.24, 2.45) is 0 Å². The fourth-order valence-electron chi connectivity index (χ4n) is 2.01. The van der Waals surface area contributed by atoms with Crippen LogP contribution in [0.1, 0.15) is 22.8 Å². The second kappa shape index (κ2) is 5.95. The van der Waals surface area contributed by atoms with Crippen molar-refractivity contribution >= 4 is 11.6 Å². The average Bonchev–Trinajstić information content (AvgIpc) is 2.36. The summed E-state index contributed by atoms with van der Waals surface area (Å²) in [7, 11) is 0. The molecule has 0 aromatic heterocycles. The van der Waals surface area contributed by atoms with Crippen LogP contribution in [0.25, 0.3) is 0 Å². The molecule has 0 radical (unpaired) electrons. The first kappa shape index (κ1) is 15.7. The zero-order valence-electron chi connectivity index (χ0n) is 11.0. The van der Waals surface area contributed by atoms with Crippen molar-refractivity contribution in [3.8, 4) is 5.75 Å². The van der Waals surface area contributed by atoms with Crippen LogP contribution in [0.4, 0.5) is 13.2 Å². The number of hydrogen-bond donors (Lipinski definition) is 1. The van der Waals surface area contributed by atoms with Gasteiger partial charge in [0.25, 0.3) is 0 Å². The molecule has 0 aliphatic rings. The molecular formula is C15H12ClF3O2. The number of alkyl halides is 3. The third kappa shape index (κ3) is 4.12. The first-order valence-corrected chi connectivity index (χ1v) is 6.44. The summed E-state index contributed by atoms with van der Waals surface area (Å²) in [5.74, 6) is -0.370. The normalized spacial score (nSPS) is 13.0. The van der Waals surface area contributed by atoms with Crippen LogP contribution in [0.2, 0.25) is 5.02 Å². The van der Waals surface area contributed by atoms with Gasteiger partial charge >= 0.3 is 6.36 Å². The SMILES string of the molecule is Cc1cc(Cl)ccc1C(O)c1cccc(OC(F)(F)F)c1. The molecule has 0 amide bonds. The molecule has 0 spiro atoms. The number of aryl methyl sites for hydroxylation is 1. The van der Waals surface area contributed by atoms with Gasteiger partial charge in [-0.1, -0.05) is 29.8 Å². The number of benzene rings is 2. The second-order valence-electron chi connectivity index (χ2n) is 4.52. The van der Waals surface area contributed by atoms with Gasteiger partial charge in [-0.3, -0.25) is 0 Å². The fraction of sp³-hybridized carbons (Fsp3) is 0.200. The Balaban J connectivity index is 2.31. The molecule has 1 unspecified atom stereocenters. The van der Waals surface area contributed by atoms with E-state index in [0.717, 1.165) is 11.6 Å². The quantitative estimate of drug-likeness (QED) is 0.894. The van der Waals surface area contributed by atoms with Gasteiger partial charge in [0.1, 0.15) is 11.9 Å². The minimum Gasteiger partial charge on any atom is -0.406 e. The van der Waals surface area contributed by atoms with Crippen LogP contribution in [0, 0.1) is 6.92 Å². The van der Waals surface area contributed by atoms with E-state index in [1.54, 1.807) is 25.1 Å². The Labute approximate surface area is 124 Å². The first-order valence-electron chi connectivity index (χ1n) is 6.06. The molecule has 0 aliphatic heterocycles. The zero-order chi connectivity index (χ0) is 15.6. The van der Waals surface area contributed by atoms with Gasteiger partial charge in [0.05, 0.1) is 0 Å². The molecular weight excluding hydrogens is 305 g/mol. The minimum atomic E-state index is -4.76. The Morgan fingerprint density at radius 2 is 1.86 bits per heavy atom. The third-order valence-electron chi connectivity index (χ3n) is 2.93. The molecule has 1 atom stereocenters. The van der Waals surface area contributed by atoms with E-state index in [0.29, 0.717) is 16.1 Å². The summed E-state index contributed by atoms with van der Waals surface area (Å²) < 4.78 is 40.5. The van der Waals surface area contributed by atoms with Crippen LogP contribution in [0.3, 0.4) is 0 Å². The molecule has 2 rings (SSSR count). The van der Waals surface area contributed by atoms with Crippen molar-refractivity contribution in [1.29, 1.82) is 0 Å². The molecule has 112 valence electrons. The number of rotatable bonds is 3. The Morgan fingerprint density at radius 3 is 2.48 bits per heavy atom. The maximum absolute atomic E-state index is 12.2. The molecule has 0 bridgehead atoms. The van der Waals surface area contributed by atoms with Gasteiger partial charge in [0.15, 0.2) is 0 Å². The first-order chi connectivity index (χ1) is 9.76. The standard InChI is InChI=1S/C15H12ClF3O2/c1-9-7-11(16)5-6-13(9)14(20)10-3-2-4-12(8-10)21-15(17,18)19/h2-8,14,20H,1H3. The highest BCUT2D eigenvalue weighted by Crippen LogP contribution is 2.30. The number of hydrogen-bond acceptors (Lipinski definition) is 2. The van der Waals surface area contributed by atoms with E-state index in [1.807, 2.05) is 0 Å².